The van der Waals surface area contributed by atoms with Crippen LogP contribution in [0.4, 0.5) is 11.4 Å². The number of hydrogen-bond donors (Lipinski definition) is 1. The number of nitro benzene ring substituents is 1. The maximum absolute atomic E-state index is 11.8. The van der Waals surface area contributed by atoms with Gasteiger partial charge in [-0.1, -0.05) is 6.92 Å². The van der Waals surface area contributed by atoms with Crippen LogP contribution >= 0.6 is 0 Å². The second-order valence-corrected chi connectivity index (χ2v) is 5.03. The second kappa shape index (κ2) is 6.88. The first-order valence-corrected chi connectivity index (χ1v) is 6.50. The van der Waals surface area contributed by atoms with Crippen molar-refractivity contribution in [2.75, 3.05) is 25.6 Å². The molecule has 0 aliphatic heterocycles. The Hall–Kier alpha value is -2.64. The van der Waals surface area contributed by atoms with E-state index in [0.29, 0.717) is 11.3 Å². The summed E-state index contributed by atoms with van der Waals surface area (Å²) in [6.07, 6.45) is 0. The lowest BCUT2D eigenvalue weighted by molar-refractivity contribution is -0.385. The maximum Gasteiger partial charge on any atom is 0.344 e. The van der Waals surface area contributed by atoms with Crippen molar-refractivity contribution in [2.24, 2.45) is 5.92 Å². The molecular weight excluding hydrogens is 292 g/mol. The third kappa shape index (κ3) is 3.72. The maximum atomic E-state index is 11.8. The van der Waals surface area contributed by atoms with Crippen LogP contribution in [0, 0.1) is 23.0 Å². The first kappa shape index (κ1) is 17.4. The van der Waals surface area contributed by atoms with Crippen molar-refractivity contribution in [1.29, 1.82) is 0 Å². The number of nitro groups is 1. The summed E-state index contributed by atoms with van der Waals surface area (Å²) in [5, 5.41) is 20.1. The molecule has 8 heteroatoms. The van der Waals surface area contributed by atoms with Crippen molar-refractivity contribution in [1.82, 2.24) is 0 Å². The first-order chi connectivity index (χ1) is 10.2. The van der Waals surface area contributed by atoms with Gasteiger partial charge in [-0.25, -0.2) is 4.79 Å². The fourth-order valence-electron chi connectivity index (χ4n) is 2.08. The minimum absolute atomic E-state index is 0.155. The van der Waals surface area contributed by atoms with Gasteiger partial charge in [-0.3, -0.25) is 14.9 Å². The van der Waals surface area contributed by atoms with E-state index < -0.39 is 22.8 Å². The number of benzene rings is 1. The SMILES string of the molecule is COC(=O)c1cc(N(C)CC(C)C(=O)O)cc(C)c1[N+](=O)[O-]. The standard InChI is InChI=1S/C14H18N2O6/c1-8-5-10(15(3)7-9(2)13(17)18)6-11(14(19)22-4)12(8)16(20)21/h5-6,9H,7H2,1-4H3,(H,17,18). The van der Waals surface area contributed by atoms with Crippen LogP contribution in [-0.4, -0.2) is 42.7 Å². The number of nitrogens with zero attached hydrogens (tertiary/aromatic N) is 2. The molecule has 1 atom stereocenters. The van der Waals surface area contributed by atoms with Crippen molar-refractivity contribution in [3.8, 4) is 0 Å². The summed E-state index contributed by atoms with van der Waals surface area (Å²) in [4.78, 5) is 34.8. The van der Waals surface area contributed by atoms with E-state index in [9.17, 15) is 19.7 Å². The summed E-state index contributed by atoms with van der Waals surface area (Å²) < 4.78 is 4.58. The van der Waals surface area contributed by atoms with E-state index in [4.69, 9.17) is 5.11 Å². The zero-order valence-electron chi connectivity index (χ0n) is 12.8. The predicted octanol–water partition coefficient (Wildman–Crippen LogP) is 1.85. The van der Waals surface area contributed by atoms with E-state index in [2.05, 4.69) is 4.74 Å². The van der Waals surface area contributed by atoms with E-state index >= 15 is 0 Å². The van der Waals surface area contributed by atoms with E-state index in [0.717, 1.165) is 7.11 Å². The number of carboxylic acid groups (broad SMARTS) is 1. The highest BCUT2D eigenvalue weighted by Crippen LogP contribution is 2.30. The van der Waals surface area contributed by atoms with Gasteiger partial charge in [-0.15, -0.1) is 0 Å². The van der Waals surface area contributed by atoms with Crippen LogP contribution in [-0.2, 0) is 9.53 Å². The molecule has 1 unspecified atom stereocenters. The van der Waals surface area contributed by atoms with Crippen LogP contribution in [0.1, 0.15) is 22.8 Å². The molecule has 0 spiro atoms. The highest BCUT2D eigenvalue weighted by molar-refractivity contribution is 5.95. The fourth-order valence-corrected chi connectivity index (χ4v) is 2.08. The molecule has 0 heterocycles. The van der Waals surface area contributed by atoms with E-state index in [1.165, 1.54) is 13.0 Å². The van der Waals surface area contributed by atoms with Crippen LogP contribution in [0.25, 0.3) is 0 Å². The number of carboxylic acids is 1. The topological polar surface area (TPSA) is 110 Å². The highest BCUT2D eigenvalue weighted by atomic mass is 16.6. The monoisotopic (exact) mass is 310 g/mol. The second-order valence-electron chi connectivity index (χ2n) is 5.03. The molecule has 120 valence electrons. The number of hydrogen-bond acceptors (Lipinski definition) is 6. The number of rotatable bonds is 6. The lowest BCUT2D eigenvalue weighted by atomic mass is 10.1. The number of anilines is 1. The smallest absolute Gasteiger partial charge is 0.344 e. The Labute approximate surface area is 127 Å². The zero-order valence-corrected chi connectivity index (χ0v) is 12.8. The molecule has 8 nitrogen and oxygen atoms in total. The van der Waals surface area contributed by atoms with Gasteiger partial charge in [0.25, 0.3) is 5.69 Å². The highest BCUT2D eigenvalue weighted by Gasteiger charge is 2.26. The largest absolute Gasteiger partial charge is 0.481 e. The van der Waals surface area contributed by atoms with E-state index in [1.807, 2.05) is 0 Å². The molecule has 0 amide bonds. The lowest BCUT2D eigenvalue weighted by Gasteiger charge is -2.22. The van der Waals surface area contributed by atoms with Crippen molar-refractivity contribution in [3.05, 3.63) is 33.4 Å². The summed E-state index contributed by atoms with van der Waals surface area (Å²) in [7, 11) is 2.80. The molecule has 1 rings (SSSR count). The average Bonchev–Trinajstić information content (AvgIpc) is 2.44. The molecule has 0 aromatic heterocycles. The van der Waals surface area contributed by atoms with Gasteiger partial charge < -0.3 is 14.7 Å². The normalized spacial score (nSPS) is 11.6. The number of ether oxygens (including phenoxy) is 1. The van der Waals surface area contributed by atoms with E-state index in [-0.39, 0.29) is 17.8 Å². The minimum Gasteiger partial charge on any atom is -0.481 e. The average molecular weight is 310 g/mol. The number of aliphatic carboxylic acids is 1. The van der Waals surface area contributed by atoms with Gasteiger partial charge in [0.15, 0.2) is 0 Å². The molecule has 1 aromatic carbocycles. The molecule has 0 fully saturated rings. The third-order valence-corrected chi connectivity index (χ3v) is 3.28. The minimum atomic E-state index is -0.946. The zero-order chi connectivity index (χ0) is 17.0. The number of carbonyl (C=O) groups excluding carboxylic acids is 1. The van der Waals surface area contributed by atoms with Crippen molar-refractivity contribution in [2.45, 2.75) is 13.8 Å². The Kier molecular flexibility index (Phi) is 5.44. The molecule has 1 aromatic rings. The quantitative estimate of drug-likeness (QED) is 0.485. The van der Waals surface area contributed by atoms with Gasteiger partial charge >= 0.3 is 11.9 Å². The summed E-state index contributed by atoms with van der Waals surface area (Å²) in [5.41, 5.74) is 0.349. The summed E-state index contributed by atoms with van der Waals surface area (Å²) in [6, 6.07) is 2.88. The Morgan fingerprint density at radius 3 is 2.50 bits per heavy atom. The third-order valence-electron chi connectivity index (χ3n) is 3.28. The van der Waals surface area contributed by atoms with Crippen molar-refractivity contribution >= 4 is 23.3 Å². The number of methoxy groups -OCH3 is 1. The van der Waals surface area contributed by atoms with Gasteiger partial charge in [0, 0.05) is 24.8 Å². The molecule has 0 saturated heterocycles. The molecule has 0 saturated carbocycles. The Morgan fingerprint density at radius 1 is 1.45 bits per heavy atom. The Morgan fingerprint density at radius 2 is 2.05 bits per heavy atom. The van der Waals surface area contributed by atoms with Gasteiger partial charge in [0.1, 0.15) is 5.56 Å². The molecule has 0 aliphatic rings. The van der Waals surface area contributed by atoms with E-state index in [1.54, 1.807) is 24.9 Å². The Bertz CT molecular complexity index is 614. The van der Waals surface area contributed by atoms with Crippen LogP contribution < -0.4 is 4.90 Å². The number of esters is 1. The van der Waals surface area contributed by atoms with Crippen LogP contribution in [0.3, 0.4) is 0 Å². The first-order valence-electron chi connectivity index (χ1n) is 6.50. The van der Waals surface area contributed by atoms with Crippen LogP contribution in [0.15, 0.2) is 12.1 Å². The summed E-state index contributed by atoms with van der Waals surface area (Å²) in [6.45, 7) is 3.27. The number of aryl methyl sites for hydroxylation is 1. The predicted molar refractivity (Wildman–Crippen MR) is 79.2 cm³/mol. The molecular formula is C14H18N2O6. The Balaban J connectivity index is 3.28. The van der Waals surface area contributed by atoms with Crippen LogP contribution in [0.2, 0.25) is 0 Å². The summed E-state index contributed by atoms with van der Waals surface area (Å²) >= 11 is 0. The molecule has 0 bridgehead atoms. The van der Waals surface area contributed by atoms with Crippen LogP contribution in [0.5, 0.6) is 0 Å². The molecule has 22 heavy (non-hydrogen) atoms. The molecule has 1 N–H and O–H groups in total. The van der Waals surface area contributed by atoms with Crippen molar-refractivity contribution < 1.29 is 24.4 Å². The van der Waals surface area contributed by atoms with Gasteiger partial charge in [-0.2, -0.15) is 0 Å². The fraction of sp³-hybridized carbons (Fsp3) is 0.429. The van der Waals surface area contributed by atoms with Crippen molar-refractivity contribution in [3.63, 3.8) is 0 Å². The lowest BCUT2D eigenvalue weighted by Crippen LogP contribution is -2.28. The summed E-state index contributed by atoms with van der Waals surface area (Å²) in [5.74, 6) is -2.38. The number of carbonyl (C=O) groups is 2. The van der Waals surface area contributed by atoms with Gasteiger partial charge in [0.05, 0.1) is 18.0 Å². The van der Waals surface area contributed by atoms with Gasteiger partial charge in [0.2, 0.25) is 0 Å². The molecule has 0 radical (unpaired) electrons. The molecule has 0 aliphatic carbocycles. The van der Waals surface area contributed by atoms with Gasteiger partial charge in [-0.05, 0) is 19.1 Å².